The van der Waals surface area contributed by atoms with Gasteiger partial charge in [0.2, 0.25) is 5.95 Å². The number of aromatic amines is 1. The van der Waals surface area contributed by atoms with Crippen molar-refractivity contribution in [2.75, 3.05) is 32.1 Å². The number of carbonyl (C=O) groups excluding carboxylic acids is 1. The number of aryl methyl sites for hydroxylation is 1. The van der Waals surface area contributed by atoms with E-state index in [4.69, 9.17) is 29.2 Å². The summed E-state index contributed by atoms with van der Waals surface area (Å²) in [5.74, 6) is -0.385. The van der Waals surface area contributed by atoms with Gasteiger partial charge in [0.05, 0.1) is 19.1 Å². The van der Waals surface area contributed by atoms with Crippen LogP contribution in [0.25, 0.3) is 22.1 Å². The fourth-order valence-electron chi connectivity index (χ4n) is 6.05. The third kappa shape index (κ3) is 11.2. The van der Waals surface area contributed by atoms with E-state index in [1.807, 2.05) is 0 Å². The molecule has 0 bridgehead atoms. The molecule has 6 rings (SSSR count). The van der Waals surface area contributed by atoms with Gasteiger partial charge in [0.15, 0.2) is 30.3 Å². The first kappa shape index (κ1) is 45.8. The number of nitrogens with zero attached hydrogens (tertiary/aromatic N) is 4. The number of nitrogen functional groups attached to an aromatic ring is 1. The largest absolute Gasteiger partial charge is 0.484 e. The molecule has 1 amide bonds. The van der Waals surface area contributed by atoms with E-state index in [9.17, 15) is 58.8 Å². The molecule has 2 aliphatic heterocycles. The minimum Gasteiger partial charge on any atom is -0.484 e. The molecule has 334 valence electrons. The molecular formula is C32H41N7O20P2. The van der Waals surface area contributed by atoms with Gasteiger partial charge in [-0.15, -0.1) is 0 Å². The van der Waals surface area contributed by atoms with Crippen molar-refractivity contribution in [3.63, 3.8) is 0 Å². The second-order valence-corrected chi connectivity index (χ2v) is 16.5. The molecule has 11 N–H and O–H groups in total. The second-order valence-electron chi connectivity index (χ2n) is 13.5. The number of ether oxygens (including phenoxy) is 3. The molecule has 27 nitrogen and oxygen atoms in total. The Hall–Kier alpha value is -4.70. The Balaban J connectivity index is 0.913. The van der Waals surface area contributed by atoms with Crippen molar-refractivity contribution in [3.8, 4) is 5.75 Å². The number of nitrogens with two attached hydrogens (primary N) is 1. The van der Waals surface area contributed by atoms with E-state index in [2.05, 4.69) is 38.8 Å². The number of phosphoric acid groups is 2. The summed E-state index contributed by atoms with van der Waals surface area (Å²) in [6.45, 7) is 0.677. The van der Waals surface area contributed by atoms with E-state index < -0.39 is 94.6 Å². The van der Waals surface area contributed by atoms with Gasteiger partial charge in [-0.25, -0.2) is 18.9 Å². The SMILES string of the molecule is Cc1cc(=O)oc2cc(OCC(=O)NCCCCO/N=C/C3OC(OP(=O)(O)OP(=O)(O)OCC4OC(n5cnc6c(=O)[nH]c(N)nc65)C(O)C4O)C(O)C(O)C3O)ccc12. The van der Waals surface area contributed by atoms with Crippen LogP contribution < -0.4 is 27.0 Å². The van der Waals surface area contributed by atoms with Crippen LogP contribution in [0.3, 0.4) is 0 Å². The standard InChI is InChI=1S/C32H41N7O20P2/c1-14-8-21(41)55-17-9-15(4-5-16(14)17)52-12-20(40)34-6-2-3-7-53-36-10-18-23(42)25(44)27(46)31(57-18)58-61(50,51)59-60(48,49)54-11-19-24(43)26(45)30(56-19)39-13-35-22-28(39)37-32(33)38-29(22)47/h4-5,8-10,13,18-19,23-27,30-31,42-46H,2-3,6-7,11-12H2,1H3,(H,34,40)(H,48,49)(H,50,51)(H3,33,37,38,47)/b36-10+. The lowest BCUT2D eigenvalue weighted by Crippen LogP contribution is -2.58. The number of anilines is 1. The molecule has 1 aromatic carbocycles. The number of H-pyrrole nitrogens is 1. The van der Waals surface area contributed by atoms with Gasteiger partial charge < -0.3 is 69.8 Å². The number of fused-ring (bicyclic) bond motifs is 2. The highest BCUT2D eigenvalue weighted by Gasteiger charge is 2.49. The highest BCUT2D eigenvalue weighted by Crippen LogP contribution is 2.61. The van der Waals surface area contributed by atoms with Crippen LogP contribution in [0.1, 0.15) is 24.6 Å². The predicted octanol–water partition coefficient (Wildman–Crippen LogP) is -2.23. The third-order valence-electron chi connectivity index (χ3n) is 9.07. The Kier molecular flexibility index (Phi) is 14.4. The molecule has 0 radical (unpaired) electrons. The van der Waals surface area contributed by atoms with Crippen LogP contribution in [0, 0.1) is 6.92 Å². The van der Waals surface area contributed by atoms with Crippen LogP contribution in [0.2, 0.25) is 0 Å². The first-order chi connectivity index (χ1) is 28.8. The van der Waals surface area contributed by atoms with Gasteiger partial charge in [0.25, 0.3) is 11.5 Å². The number of nitrogens with one attached hydrogen (secondary N) is 2. The van der Waals surface area contributed by atoms with E-state index in [0.717, 1.165) is 28.1 Å². The Morgan fingerprint density at radius 2 is 1.80 bits per heavy atom. The number of phosphoric ester groups is 2. The lowest BCUT2D eigenvalue weighted by molar-refractivity contribution is -0.259. The van der Waals surface area contributed by atoms with Crippen LogP contribution in [-0.4, -0.2) is 142 Å². The first-order valence-electron chi connectivity index (χ1n) is 18.1. The maximum Gasteiger partial charge on any atom is 0.483 e. The molecule has 0 spiro atoms. The van der Waals surface area contributed by atoms with Gasteiger partial charge >= 0.3 is 21.3 Å². The number of hydrogen-bond acceptors (Lipinski definition) is 22. The van der Waals surface area contributed by atoms with Crippen molar-refractivity contribution in [1.82, 2.24) is 24.8 Å². The molecule has 61 heavy (non-hydrogen) atoms. The van der Waals surface area contributed by atoms with Crippen LogP contribution >= 0.6 is 15.6 Å². The van der Waals surface area contributed by atoms with E-state index >= 15 is 0 Å². The lowest BCUT2D eigenvalue weighted by Gasteiger charge is -2.38. The number of oxime groups is 1. The molecule has 29 heteroatoms. The number of imidazole rings is 1. The number of rotatable bonds is 18. The fourth-order valence-corrected chi connectivity index (χ4v) is 8.21. The molecule has 0 aliphatic carbocycles. The Labute approximate surface area is 341 Å². The summed E-state index contributed by atoms with van der Waals surface area (Å²) in [7, 11) is -11.3. The fraction of sp³-hybridized carbons (Fsp3) is 0.500. The molecule has 4 aromatic rings. The number of hydrogen-bond donors (Lipinski definition) is 10. The lowest BCUT2D eigenvalue weighted by atomic mass is 10.00. The molecule has 11 atom stereocenters. The summed E-state index contributed by atoms with van der Waals surface area (Å²) < 4.78 is 61.4. The Morgan fingerprint density at radius 3 is 2.57 bits per heavy atom. The Morgan fingerprint density at radius 1 is 1.03 bits per heavy atom. The number of unbranched alkanes of at least 4 members (excludes halogenated alkanes) is 1. The van der Waals surface area contributed by atoms with Crippen molar-refractivity contribution in [3.05, 3.63) is 56.9 Å². The molecule has 2 saturated heterocycles. The molecule has 2 fully saturated rings. The number of amides is 1. The molecule has 2 aliphatic rings. The van der Waals surface area contributed by atoms with E-state index in [-0.39, 0.29) is 36.9 Å². The molecule has 11 unspecified atom stereocenters. The smallest absolute Gasteiger partial charge is 0.483 e. The summed E-state index contributed by atoms with van der Waals surface area (Å²) in [6.07, 6.45) is -13.9. The zero-order valence-electron chi connectivity index (χ0n) is 31.6. The van der Waals surface area contributed by atoms with Gasteiger partial charge in [-0.2, -0.15) is 9.29 Å². The minimum atomic E-state index is -5.72. The number of carbonyl (C=O) groups is 1. The molecule has 3 aromatic heterocycles. The van der Waals surface area contributed by atoms with Crippen molar-refractivity contribution < 1.29 is 86.1 Å². The van der Waals surface area contributed by atoms with Crippen LogP contribution in [-0.2, 0) is 41.6 Å². The van der Waals surface area contributed by atoms with E-state index in [0.29, 0.717) is 24.2 Å². The second kappa shape index (κ2) is 19.1. The van der Waals surface area contributed by atoms with Gasteiger partial charge in [-0.1, -0.05) is 5.16 Å². The topological polar surface area (TPSA) is 402 Å². The number of benzene rings is 1. The molecular weight excluding hydrogens is 864 g/mol. The summed E-state index contributed by atoms with van der Waals surface area (Å²) in [5, 5.41) is 59.0. The van der Waals surface area contributed by atoms with E-state index in [1.54, 1.807) is 19.1 Å². The number of aromatic nitrogens is 4. The summed E-state index contributed by atoms with van der Waals surface area (Å²) in [5.41, 5.74) is 5.10. The van der Waals surface area contributed by atoms with Crippen LogP contribution in [0.5, 0.6) is 5.75 Å². The monoisotopic (exact) mass is 905 g/mol. The van der Waals surface area contributed by atoms with Gasteiger partial charge in [-0.3, -0.25) is 28.2 Å². The maximum atomic E-state index is 12.7. The quantitative estimate of drug-likeness (QED) is 0.0166. The van der Waals surface area contributed by atoms with Crippen LogP contribution in [0.4, 0.5) is 5.95 Å². The maximum absolute atomic E-state index is 12.7. The minimum absolute atomic E-state index is 0.000436. The zero-order chi connectivity index (χ0) is 44.2. The van der Waals surface area contributed by atoms with Gasteiger partial charge in [0.1, 0.15) is 60.7 Å². The average Bonchev–Trinajstić information content (AvgIpc) is 3.73. The number of aliphatic hydroxyl groups is 5. The van der Waals surface area contributed by atoms with E-state index in [1.165, 1.54) is 12.1 Å². The third-order valence-corrected chi connectivity index (χ3v) is 11.7. The highest BCUT2D eigenvalue weighted by atomic mass is 31.3. The summed E-state index contributed by atoms with van der Waals surface area (Å²) >= 11 is 0. The van der Waals surface area contributed by atoms with Crippen molar-refractivity contribution in [2.24, 2.45) is 5.16 Å². The summed E-state index contributed by atoms with van der Waals surface area (Å²) in [6, 6.07) is 6.23. The van der Waals surface area contributed by atoms with Crippen LogP contribution in [0.15, 0.2) is 49.8 Å². The average molecular weight is 906 g/mol. The highest BCUT2D eigenvalue weighted by molar-refractivity contribution is 7.61. The zero-order valence-corrected chi connectivity index (χ0v) is 33.4. The van der Waals surface area contributed by atoms with Gasteiger partial charge in [0, 0.05) is 24.1 Å². The van der Waals surface area contributed by atoms with Crippen molar-refractivity contribution in [2.45, 2.75) is 75.0 Å². The molecule has 5 heterocycles. The number of aliphatic hydroxyl groups excluding tert-OH is 5. The first-order valence-corrected chi connectivity index (χ1v) is 21.0. The van der Waals surface area contributed by atoms with Crippen molar-refractivity contribution >= 4 is 55.8 Å². The summed E-state index contributed by atoms with van der Waals surface area (Å²) in [4.78, 5) is 71.4. The molecule has 0 saturated carbocycles. The predicted molar refractivity (Wildman–Crippen MR) is 202 cm³/mol. The van der Waals surface area contributed by atoms with Crippen molar-refractivity contribution in [1.29, 1.82) is 0 Å². The Bertz CT molecular complexity index is 2450. The van der Waals surface area contributed by atoms with Gasteiger partial charge in [-0.05, 0) is 37.5 Å². The normalized spacial score (nSPS) is 27.6.